The van der Waals surface area contributed by atoms with Crippen molar-refractivity contribution in [2.75, 3.05) is 27.2 Å². The first-order valence-corrected chi connectivity index (χ1v) is 10.0. The van der Waals surface area contributed by atoms with Gasteiger partial charge in [-0.1, -0.05) is 71.6 Å². The third-order valence-electron chi connectivity index (χ3n) is 5.20. The summed E-state index contributed by atoms with van der Waals surface area (Å²) in [5, 5.41) is 9.34. The first-order valence-electron chi connectivity index (χ1n) is 10.0. The van der Waals surface area contributed by atoms with Crippen molar-refractivity contribution in [1.29, 1.82) is 0 Å². The molecule has 0 saturated carbocycles. The molecular formula is C20H44BrNO. The molecule has 2 nitrogen and oxygen atoms in total. The van der Waals surface area contributed by atoms with Gasteiger partial charge in [0.25, 0.3) is 0 Å². The van der Waals surface area contributed by atoms with E-state index in [1.165, 1.54) is 83.5 Å². The number of likely N-dealkylation sites (N-methyl/N-ethyl adjacent to an activating group) is 1. The maximum Gasteiger partial charge on any atom is 0.102 e. The Morgan fingerprint density at radius 3 is 1.52 bits per heavy atom. The molecule has 23 heavy (non-hydrogen) atoms. The zero-order valence-corrected chi connectivity index (χ0v) is 18.0. The lowest BCUT2D eigenvalue weighted by atomic mass is 9.98. The Morgan fingerprint density at radius 1 is 0.696 bits per heavy atom. The number of aliphatic hydroxyl groups is 1. The molecule has 3 heteroatoms. The molecule has 142 valence electrons. The first kappa shape index (κ1) is 25.6. The molecular weight excluding hydrogens is 350 g/mol. The van der Waals surface area contributed by atoms with Crippen molar-refractivity contribution in [2.45, 2.75) is 103 Å². The Hall–Kier alpha value is 0.400. The maximum atomic E-state index is 9.34. The minimum absolute atomic E-state index is 0. The third-order valence-corrected chi connectivity index (χ3v) is 5.20. The Bertz CT molecular complexity index is 234. The van der Waals surface area contributed by atoms with Crippen LogP contribution in [0.5, 0.6) is 0 Å². The molecule has 0 bridgehead atoms. The molecule has 0 radical (unpaired) electrons. The summed E-state index contributed by atoms with van der Waals surface area (Å²) in [6, 6.07) is 0.736. The van der Waals surface area contributed by atoms with E-state index < -0.39 is 0 Å². The molecule has 0 amide bonds. The minimum Gasteiger partial charge on any atom is -1.00 e. The average molecular weight is 394 g/mol. The largest absolute Gasteiger partial charge is 1.00 e. The van der Waals surface area contributed by atoms with Crippen molar-refractivity contribution >= 4 is 0 Å². The van der Waals surface area contributed by atoms with Gasteiger partial charge < -0.3 is 26.6 Å². The van der Waals surface area contributed by atoms with E-state index in [-0.39, 0.29) is 17.0 Å². The topological polar surface area (TPSA) is 20.2 Å². The molecule has 0 spiro atoms. The number of unbranched alkanes of at least 4 members (excludes halogenated alkanes) is 9. The Morgan fingerprint density at radius 2 is 1.09 bits per heavy atom. The van der Waals surface area contributed by atoms with Gasteiger partial charge in [-0.2, -0.15) is 0 Å². The number of aliphatic hydroxyl groups excluding tert-OH is 1. The van der Waals surface area contributed by atoms with Gasteiger partial charge in [0.15, 0.2) is 0 Å². The van der Waals surface area contributed by atoms with Crippen LogP contribution in [0.15, 0.2) is 0 Å². The summed E-state index contributed by atoms with van der Waals surface area (Å²) >= 11 is 0. The van der Waals surface area contributed by atoms with Crippen LogP contribution in [0.25, 0.3) is 0 Å². The number of hydrogen-bond acceptors (Lipinski definition) is 1. The van der Waals surface area contributed by atoms with Crippen molar-refractivity contribution in [3.8, 4) is 0 Å². The normalized spacial score (nSPS) is 12.9. The molecule has 0 heterocycles. The van der Waals surface area contributed by atoms with Gasteiger partial charge in [-0.05, 0) is 25.7 Å². The van der Waals surface area contributed by atoms with Crippen molar-refractivity contribution in [1.82, 2.24) is 0 Å². The molecule has 0 fully saturated rings. The smallest absolute Gasteiger partial charge is 0.102 e. The predicted molar refractivity (Wildman–Crippen MR) is 99.2 cm³/mol. The third kappa shape index (κ3) is 14.4. The zero-order valence-electron chi connectivity index (χ0n) is 16.5. The van der Waals surface area contributed by atoms with Gasteiger partial charge >= 0.3 is 0 Å². The van der Waals surface area contributed by atoms with Crippen LogP contribution in [0.3, 0.4) is 0 Å². The van der Waals surface area contributed by atoms with Crippen LogP contribution < -0.4 is 17.0 Å². The molecule has 0 aliphatic rings. The molecule has 0 aromatic heterocycles. The van der Waals surface area contributed by atoms with E-state index in [9.17, 15) is 5.11 Å². The van der Waals surface area contributed by atoms with E-state index in [1.807, 2.05) is 0 Å². The first-order chi connectivity index (χ1) is 10.6. The van der Waals surface area contributed by atoms with Gasteiger partial charge in [-0.15, -0.1) is 0 Å². The van der Waals surface area contributed by atoms with E-state index in [0.29, 0.717) is 6.61 Å². The minimum atomic E-state index is 0. The van der Waals surface area contributed by atoms with E-state index in [0.717, 1.165) is 17.1 Å². The summed E-state index contributed by atoms with van der Waals surface area (Å²) < 4.78 is 0.998. The second-order valence-corrected chi connectivity index (χ2v) is 7.64. The molecule has 1 atom stereocenters. The lowest BCUT2D eigenvalue weighted by Gasteiger charge is -2.38. The zero-order chi connectivity index (χ0) is 16.7. The number of hydrogen-bond donors (Lipinski definition) is 1. The molecule has 0 aromatic rings. The van der Waals surface area contributed by atoms with Crippen LogP contribution in [0.4, 0.5) is 0 Å². The Balaban J connectivity index is 0. The summed E-state index contributed by atoms with van der Waals surface area (Å²) in [5.41, 5.74) is 0. The molecule has 0 saturated heterocycles. The van der Waals surface area contributed by atoms with Crippen molar-refractivity contribution in [3.05, 3.63) is 0 Å². The highest BCUT2D eigenvalue weighted by Crippen LogP contribution is 2.21. The van der Waals surface area contributed by atoms with E-state index in [4.69, 9.17) is 0 Å². The molecule has 0 rings (SSSR count). The predicted octanol–water partition coefficient (Wildman–Crippen LogP) is 2.54. The van der Waals surface area contributed by atoms with E-state index in [1.54, 1.807) is 0 Å². The molecule has 1 unspecified atom stereocenters. The van der Waals surface area contributed by atoms with Crippen LogP contribution in [-0.2, 0) is 0 Å². The number of rotatable bonds is 16. The fourth-order valence-corrected chi connectivity index (χ4v) is 3.43. The SMILES string of the molecule is CCCCCCCCCC(CCCCCC)[N+](C)(C)CCO.[Br-]. The molecule has 1 N–H and O–H groups in total. The van der Waals surface area contributed by atoms with Crippen LogP contribution in [0.1, 0.15) is 97.3 Å². The Kier molecular flexibility index (Phi) is 19.2. The second kappa shape index (κ2) is 17.2. The Labute approximate surface area is 157 Å². The molecule has 0 aliphatic carbocycles. The van der Waals surface area contributed by atoms with Crippen LogP contribution in [0, 0.1) is 0 Å². The lowest BCUT2D eigenvalue weighted by Crippen LogP contribution is -3.00. The summed E-state index contributed by atoms with van der Waals surface area (Å²) in [4.78, 5) is 0. The lowest BCUT2D eigenvalue weighted by molar-refractivity contribution is -0.916. The maximum absolute atomic E-state index is 9.34. The standard InChI is InChI=1S/C20H44NO.BrH/c1-5-7-9-11-12-13-15-17-20(16-14-10-8-6-2)21(3,4)18-19-22;/h20,22H,5-19H2,1-4H3;1H/q+1;/p-1. The highest BCUT2D eigenvalue weighted by Gasteiger charge is 2.26. The quantitative estimate of drug-likeness (QED) is 0.315. The van der Waals surface area contributed by atoms with Crippen molar-refractivity contribution in [2.24, 2.45) is 0 Å². The van der Waals surface area contributed by atoms with Crippen LogP contribution in [-0.4, -0.2) is 42.9 Å². The number of nitrogens with zero attached hydrogens (tertiary/aromatic N) is 1. The van der Waals surface area contributed by atoms with Crippen molar-refractivity contribution < 1.29 is 26.6 Å². The summed E-state index contributed by atoms with van der Waals surface area (Å²) in [6.45, 7) is 5.77. The fourth-order valence-electron chi connectivity index (χ4n) is 3.43. The molecule has 0 aliphatic heterocycles. The van der Waals surface area contributed by atoms with Gasteiger partial charge in [-0.25, -0.2) is 0 Å². The summed E-state index contributed by atoms with van der Waals surface area (Å²) in [5.74, 6) is 0. The van der Waals surface area contributed by atoms with Gasteiger partial charge in [0.05, 0.1) is 26.7 Å². The van der Waals surface area contributed by atoms with Gasteiger partial charge in [0.1, 0.15) is 6.54 Å². The number of quaternary nitrogens is 1. The van der Waals surface area contributed by atoms with E-state index >= 15 is 0 Å². The highest BCUT2D eigenvalue weighted by atomic mass is 79.9. The van der Waals surface area contributed by atoms with Gasteiger partial charge in [-0.3, -0.25) is 0 Å². The highest BCUT2D eigenvalue weighted by molar-refractivity contribution is 4.61. The average Bonchev–Trinajstić information content (AvgIpc) is 2.48. The summed E-state index contributed by atoms with van der Waals surface area (Å²) in [6.07, 6.45) is 17.9. The van der Waals surface area contributed by atoms with Crippen LogP contribution in [0.2, 0.25) is 0 Å². The van der Waals surface area contributed by atoms with Crippen molar-refractivity contribution in [3.63, 3.8) is 0 Å². The fraction of sp³-hybridized carbons (Fsp3) is 1.00. The van der Waals surface area contributed by atoms with Gasteiger partial charge in [0.2, 0.25) is 0 Å². The van der Waals surface area contributed by atoms with Crippen LogP contribution >= 0.6 is 0 Å². The monoisotopic (exact) mass is 393 g/mol. The number of halogens is 1. The second-order valence-electron chi connectivity index (χ2n) is 7.64. The summed E-state index contributed by atoms with van der Waals surface area (Å²) in [7, 11) is 4.61. The van der Waals surface area contributed by atoms with E-state index in [2.05, 4.69) is 27.9 Å². The van der Waals surface area contributed by atoms with Gasteiger partial charge in [0, 0.05) is 0 Å². The molecule has 0 aromatic carbocycles.